The second-order valence-electron chi connectivity index (χ2n) is 10.2. The van der Waals surface area contributed by atoms with Crippen LogP contribution in [0.15, 0.2) is 12.1 Å². The summed E-state index contributed by atoms with van der Waals surface area (Å²) in [5.74, 6) is 0.861. The van der Waals surface area contributed by atoms with Crippen LogP contribution in [0.2, 0.25) is 0 Å². The van der Waals surface area contributed by atoms with Crippen LogP contribution in [0, 0.1) is 5.92 Å². The van der Waals surface area contributed by atoms with Crippen molar-refractivity contribution in [1.29, 1.82) is 0 Å². The van der Waals surface area contributed by atoms with Gasteiger partial charge in [0.25, 0.3) is 0 Å². The second kappa shape index (κ2) is 6.83. The number of hydrogen-bond donors (Lipinski definition) is 3. The molecule has 0 aromatic heterocycles. The average Bonchev–Trinajstić information content (AvgIpc) is 3.49. The van der Waals surface area contributed by atoms with E-state index in [1.54, 1.807) is 6.07 Å². The molecule has 6 rings (SSSR count). The number of carbonyl (C=O) groups is 1. The molecule has 2 saturated carbocycles. The highest BCUT2D eigenvalue weighted by Gasteiger charge is 2.73. The number of nitrogens with one attached hydrogen (secondary N) is 1. The van der Waals surface area contributed by atoms with Crippen LogP contribution < -0.4 is 10.1 Å². The molecule has 0 amide bonds. The van der Waals surface area contributed by atoms with Gasteiger partial charge in [-0.15, -0.1) is 0 Å². The highest BCUT2D eigenvalue weighted by atomic mass is 16.5. The second-order valence-corrected chi connectivity index (χ2v) is 10.2. The number of aromatic hydroxyl groups is 1. The van der Waals surface area contributed by atoms with E-state index in [2.05, 4.69) is 16.3 Å². The van der Waals surface area contributed by atoms with Gasteiger partial charge in [-0.05, 0) is 62.6 Å². The monoisotopic (exact) mass is 428 g/mol. The van der Waals surface area contributed by atoms with Gasteiger partial charge in [0.1, 0.15) is 6.10 Å². The lowest BCUT2D eigenvalue weighted by atomic mass is 9.48. The summed E-state index contributed by atoms with van der Waals surface area (Å²) < 4.78 is 13.1. The van der Waals surface area contributed by atoms with Crippen LogP contribution in [0.4, 0.5) is 0 Å². The normalized spacial score (nSPS) is 37.9. The van der Waals surface area contributed by atoms with Crippen LogP contribution in [0.3, 0.4) is 0 Å². The summed E-state index contributed by atoms with van der Waals surface area (Å²) in [7, 11) is 1.86. The van der Waals surface area contributed by atoms with E-state index in [1.807, 2.05) is 7.11 Å². The number of hydrogen-bond acceptors (Lipinski definition) is 6. The van der Waals surface area contributed by atoms with Crippen molar-refractivity contribution in [3.05, 3.63) is 23.3 Å². The van der Waals surface area contributed by atoms with E-state index in [-0.39, 0.29) is 35.3 Å². The van der Waals surface area contributed by atoms with Gasteiger partial charge < -0.3 is 25.0 Å². The largest absolute Gasteiger partial charge is 0.504 e. The van der Waals surface area contributed by atoms with Gasteiger partial charge in [0.2, 0.25) is 0 Å². The SMILES string of the molecule is CO[C@@]12CC[C@@H](NCCC(=O)O)[C@@H]3Oc4c(O)ccc5c4[C@@]31CCN(CC1CC1)[C@@H]2C5. The van der Waals surface area contributed by atoms with Gasteiger partial charge in [-0.25, -0.2) is 0 Å². The number of aliphatic carboxylic acids is 1. The molecule has 1 saturated heterocycles. The van der Waals surface area contributed by atoms with Crippen molar-refractivity contribution >= 4 is 5.97 Å². The number of piperidine rings is 1. The third kappa shape index (κ3) is 2.60. The lowest BCUT2D eigenvalue weighted by Gasteiger charge is -2.65. The van der Waals surface area contributed by atoms with Gasteiger partial charge in [0.05, 0.1) is 17.4 Å². The first kappa shape index (κ1) is 19.8. The van der Waals surface area contributed by atoms with E-state index in [0.29, 0.717) is 18.3 Å². The van der Waals surface area contributed by atoms with Crippen molar-refractivity contribution in [3.8, 4) is 11.5 Å². The van der Waals surface area contributed by atoms with E-state index in [4.69, 9.17) is 14.6 Å². The van der Waals surface area contributed by atoms with E-state index in [1.165, 1.54) is 18.4 Å². The zero-order valence-electron chi connectivity index (χ0n) is 18.1. The molecule has 1 aromatic rings. The maximum absolute atomic E-state index is 11.1. The predicted molar refractivity (Wildman–Crippen MR) is 114 cm³/mol. The van der Waals surface area contributed by atoms with Crippen molar-refractivity contribution in [3.63, 3.8) is 0 Å². The quantitative estimate of drug-likeness (QED) is 0.612. The first-order valence-electron chi connectivity index (χ1n) is 11.8. The van der Waals surface area contributed by atoms with Crippen molar-refractivity contribution in [1.82, 2.24) is 10.2 Å². The minimum Gasteiger partial charge on any atom is -0.504 e. The highest BCUT2D eigenvalue weighted by Crippen LogP contribution is 2.66. The molecule has 1 spiro atoms. The molecule has 168 valence electrons. The number of rotatable bonds is 7. The van der Waals surface area contributed by atoms with Crippen LogP contribution in [0.5, 0.6) is 11.5 Å². The Kier molecular flexibility index (Phi) is 4.37. The number of phenolic OH excluding ortho intramolecular Hbond substituents is 1. The molecule has 3 fully saturated rings. The molecular weight excluding hydrogens is 396 g/mol. The van der Waals surface area contributed by atoms with Crippen LogP contribution in [-0.4, -0.2) is 71.6 Å². The average molecular weight is 429 g/mol. The Labute approximate surface area is 182 Å². The zero-order valence-corrected chi connectivity index (χ0v) is 18.1. The summed E-state index contributed by atoms with van der Waals surface area (Å²) in [6.07, 6.45) is 6.25. The number of nitrogens with zero attached hydrogens (tertiary/aromatic N) is 1. The predicted octanol–water partition coefficient (Wildman–Crippen LogP) is 2.04. The Bertz CT molecular complexity index is 917. The smallest absolute Gasteiger partial charge is 0.304 e. The van der Waals surface area contributed by atoms with Gasteiger partial charge in [-0.1, -0.05) is 6.07 Å². The van der Waals surface area contributed by atoms with Crippen LogP contribution in [-0.2, 0) is 21.4 Å². The molecule has 5 aliphatic rings. The molecule has 31 heavy (non-hydrogen) atoms. The van der Waals surface area contributed by atoms with Gasteiger partial charge in [-0.2, -0.15) is 0 Å². The molecule has 2 aliphatic heterocycles. The third-order valence-corrected chi connectivity index (χ3v) is 8.83. The summed E-state index contributed by atoms with van der Waals surface area (Å²) in [5.41, 5.74) is 1.78. The summed E-state index contributed by atoms with van der Waals surface area (Å²) in [5, 5.41) is 23.3. The van der Waals surface area contributed by atoms with Gasteiger partial charge in [0, 0.05) is 37.8 Å². The van der Waals surface area contributed by atoms with E-state index in [0.717, 1.165) is 50.3 Å². The number of likely N-dealkylation sites (tertiary alicyclic amines) is 1. The van der Waals surface area contributed by atoms with E-state index >= 15 is 0 Å². The third-order valence-electron chi connectivity index (χ3n) is 8.83. The van der Waals surface area contributed by atoms with Crippen LogP contribution >= 0.6 is 0 Å². The van der Waals surface area contributed by atoms with E-state index < -0.39 is 5.97 Å². The fourth-order valence-corrected chi connectivity index (χ4v) is 7.44. The summed E-state index contributed by atoms with van der Waals surface area (Å²) in [6.45, 7) is 2.59. The molecular formula is C24H32N2O5. The van der Waals surface area contributed by atoms with Crippen LogP contribution in [0.1, 0.15) is 49.7 Å². The summed E-state index contributed by atoms with van der Waals surface area (Å²) in [6, 6.07) is 4.20. The van der Waals surface area contributed by atoms with Crippen molar-refractivity contribution < 1.29 is 24.5 Å². The number of ether oxygens (including phenoxy) is 2. The number of benzene rings is 1. The highest BCUT2D eigenvalue weighted by molar-refractivity contribution is 5.67. The maximum atomic E-state index is 11.1. The van der Waals surface area contributed by atoms with Gasteiger partial charge in [-0.3, -0.25) is 9.69 Å². The molecule has 3 N–H and O–H groups in total. The first-order valence-corrected chi connectivity index (χ1v) is 11.8. The minimum atomic E-state index is -0.797. The maximum Gasteiger partial charge on any atom is 0.304 e. The lowest BCUT2D eigenvalue weighted by molar-refractivity contribution is -0.207. The van der Waals surface area contributed by atoms with Gasteiger partial charge in [0.15, 0.2) is 11.5 Å². The molecule has 5 atom stereocenters. The van der Waals surface area contributed by atoms with Crippen molar-refractivity contribution in [2.75, 3.05) is 26.7 Å². The molecule has 1 aromatic carbocycles. The molecule has 2 heterocycles. The Balaban J connectivity index is 1.45. The molecule has 0 radical (unpaired) electrons. The molecule has 7 nitrogen and oxygen atoms in total. The first-order chi connectivity index (χ1) is 15.0. The Morgan fingerprint density at radius 2 is 2.16 bits per heavy atom. The molecule has 2 bridgehead atoms. The summed E-state index contributed by atoms with van der Waals surface area (Å²) in [4.78, 5) is 13.7. The van der Waals surface area contributed by atoms with Crippen molar-refractivity contribution in [2.45, 2.75) is 74.1 Å². The Hall–Kier alpha value is -1.83. The lowest BCUT2D eigenvalue weighted by Crippen LogP contribution is -2.78. The number of methoxy groups -OCH3 is 1. The van der Waals surface area contributed by atoms with Crippen molar-refractivity contribution in [2.24, 2.45) is 5.92 Å². The fraction of sp³-hybridized carbons (Fsp3) is 0.708. The Morgan fingerprint density at radius 3 is 2.90 bits per heavy atom. The number of phenols is 1. The minimum absolute atomic E-state index is 0.0380. The number of carboxylic acid groups (broad SMARTS) is 1. The molecule has 0 unspecified atom stereocenters. The fourth-order valence-electron chi connectivity index (χ4n) is 7.44. The summed E-state index contributed by atoms with van der Waals surface area (Å²) >= 11 is 0. The molecule has 7 heteroatoms. The van der Waals surface area contributed by atoms with E-state index in [9.17, 15) is 9.90 Å². The van der Waals surface area contributed by atoms with Crippen LogP contribution in [0.25, 0.3) is 0 Å². The van der Waals surface area contributed by atoms with Gasteiger partial charge >= 0.3 is 5.97 Å². The molecule has 3 aliphatic carbocycles. The topological polar surface area (TPSA) is 91.3 Å². The zero-order chi connectivity index (χ0) is 21.4. The number of carboxylic acids is 1. The Morgan fingerprint density at radius 1 is 1.32 bits per heavy atom. The standard InChI is InChI=1S/C24H32N2O5/c1-30-24-8-6-16(25-10-7-19(28)29)22-23(24)9-11-26(13-14-2-3-14)18(24)12-15-4-5-17(27)21(31-22)20(15)23/h4-5,14,16,18,22,25,27H,2-3,6-13H2,1H3,(H,28,29)/t16-,18-,22+,23+,24-/m1/s1.